The van der Waals surface area contributed by atoms with Crippen molar-refractivity contribution in [2.75, 3.05) is 0 Å². The lowest BCUT2D eigenvalue weighted by atomic mass is 9.90. The Kier molecular flexibility index (Phi) is 4.55. The van der Waals surface area contributed by atoms with Gasteiger partial charge in [-0.25, -0.2) is 4.79 Å². The maximum atomic E-state index is 12.7. The van der Waals surface area contributed by atoms with Crippen molar-refractivity contribution in [1.29, 1.82) is 0 Å². The molecular weight excluding hydrogens is 290 g/mol. The summed E-state index contributed by atoms with van der Waals surface area (Å²) in [5, 5.41) is 12.3. The van der Waals surface area contributed by atoms with Crippen LogP contribution in [-0.2, 0) is 10.3 Å². The molecule has 0 fully saturated rings. The van der Waals surface area contributed by atoms with E-state index in [2.05, 4.69) is 5.32 Å². The molecule has 0 spiro atoms. The molecule has 0 aliphatic rings. The second kappa shape index (κ2) is 6.24. The SMILES string of the molecule is Cc1cc(C)c(C(=O)NC(C)(C(=O)O)c2ccccc2)c(C)c1. The average molecular weight is 311 g/mol. The zero-order chi connectivity index (χ0) is 17.2. The van der Waals surface area contributed by atoms with Gasteiger partial charge in [0, 0.05) is 5.56 Å². The van der Waals surface area contributed by atoms with Crippen LogP contribution in [0.2, 0.25) is 0 Å². The molecule has 2 N–H and O–H groups in total. The van der Waals surface area contributed by atoms with Crippen LogP contribution in [0, 0.1) is 20.8 Å². The summed E-state index contributed by atoms with van der Waals surface area (Å²) < 4.78 is 0. The van der Waals surface area contributed by atoms with Gasteiger partial charge in [0.25, 0.3) is 5.91 Å². The van der Waals surface area contributed by atoms with Crippen LogP contribution in [0.5, 0.6) is 0 Å². The molecule has 0 aliphatic carbocycles. The summed E-state index contributed by atoms with van der Waals surface area (Å²) in [7, 11) is 0. The summed E-state index contributed by atoms with van der Waals surface area (Å²) in [6.07, 6.45) is 0. The highest BCUT2D eigenvalue weighted by molar-refractivity contribution is 6.00. The Hall–Kier alpha value is -2.62. The van der Waals surface area contributed by atoms with E-state index in [9.17, 15) is 14.7 Å². The van der Waals surface area contributed by atoms with E-state index in [0.29, 0.717) is 11.1 Å². The van der Waals surface area contributed by atoms with Gasteiger partial charge in [0.15, 0.2) is 5.54 Å². The Morgan fingerprint density at radius 3 is 2.00 bits per heavy atom. The van der Waals surface area contributed by atoms with E-state index in [1.165, 1.54) is 6.92 Å². The molecule has 4 heteroatoms. The van der Waals surface area contributed by atoms with Crippen molar-refractivity contribution in [2.45, 2.75) is 33.2 Å². The molecule has 2 aromatic carbocycles. The zero-order valence-electron chi connectivity index (χ0n) is 13.8. The van der Waals surface area contributed by atoms with Crippen LogP contribution < -0.4 is 5.32 Å². The molecular formula is C19H21NO3. The molecule has 0 saturated carbocycles. The van der Waals surface area contributed by atoms with Gasteiger partial charge >= 0.3 is 5.97 Å². The largest absolute Gasteiger partial charge is 0.479 e. The second-order valence-electron chi connectivity index (χ2n) is 6.02. The van der Waals surface area contributed by atoms with E-state index in [1.54, 1.807) is 24.3 Å². The highest BCUT2D eigenvalue weighted by atomic mass is 16.4. The fraction of sp³-hybridized carbons (Fsp3) is 0.263. The Morgan fingerprint density at radius 2 is 1.52 bits per heavy atom. The third-order valence-corrected chi connectivity index (χ3v) is 4.05. The Balaban J connectivity index is 2.43. The maximum Gasteiger partial charge on any atom is 0.333 e. The van der Waals surface area contributed by atoms with Crippen LogP contribution in [0.25, 0.3) is 0 Å². The summed E-state index contributed by atoms with van der Waals surface area (Å²) in [4.78, 5) is 24.5. The number of carboxylic acids is 1. The Bertz CT molecular complexity index is 729. The van der Waals surface area contributed by atoms with Crippen molar-refractivity contribution in [2.24, 2.45) is 0 Å². The van der Waals surface area contributed by atoms with Crippen molar-refractivity contribution >= 4 is 11.9 Å². The smallest absolute Gasteiger partial charge is 0.333 e. The number of nitrogens with one attached hydrogen (secondary N) is 1. The van der Waals surface area contributed by atoms with Gasteiger partial charge in [-0.05, 0) is 44.4 Å². The van der Waals surface area contributed by atoms with Crippen LogP contribution in [0.3, 0.4) is 0 Å². The summed E-state index contributed by atoms with van der Waals surface area (Å²) in [6, 6.07) is 12.6. The summed E-state index contributed by atoms with van der Waals surface area (Å²) in [6.45, 7) is 7.18. The molecule has 120 valence electrons. The van der Waals surface area contributed by atoms with Crippen molar-refractivity contribution < 1.29 is 14.7 Å². The highest BCUT2D eigenvalue weighted by Crippen LogP contribution is 2.23. The number of carbonyl (C=O) groups excluding carboxylic acids is 1. The monoisotopic (exact) mass is 311 g/mol. The Labute approximate surface area is 136 Å². The minimum absolute atomic E-state index is 0.381. The topological polar surface area (TPSA) is 66.4 Å². The standard InChI is InChI=1S/C19H21NO3/c1-12-10-13(2)16(14(3)11-12)17(21)20-19(4,18(22)23)15-8-6-5-7-9-15/h5-11H,1-4H3,(H,20,21)(H,22,23). The van der Waals surface area contributed by atoms with Crippen molar-refractivity contribution in [3.8, 4) is 0 Å². The predicted molar refractivity (Wildman–Crippen MR) is 89.5 cm³/mol. The number of hydrogen-bond acceptors (Lipinski definition) is 2. The van der Waals surface area contributed by atoms with Gasteiger partial charge in [-0.1, -0.05) is 48.0 Å². The first-order chi connectivity index (χ1) is 10.8. The van der Waals surface area contributed by atoms with Crippen molar-refractivity contribution in [3.63, 3.8) is 0 Å². The minimum atomic E-state index is -1.48. The molecule has 0 bridgehead atoms. The van der Waals surface area contributed by atoms with E-state index in [4.69, 9.17) is 0 Å². The fourth-order valence-corrected chi connectivity index (χ4v) is 2.85. The van der Waals surface area contributed by atoms with Crippen LogP contribution in [-0.4, -0.2) is 17.0 Å². The lowest BCUT2D eigenvalue weighted by Gasteiger charge is -2.27. The van der Waals surface area contributed by atoms with Crippen LogP contribution >= 0.6 is 0 Å². The molecule has 2 aromatic rings. The van der Waals surface area contributed by atoms with Gasteiger partial charge in [0.05, 0.1) is 0 Å². The van der Waals surface area contributed by atoms with Crippen LogP contribution in [0.4, 0.5) is 0 Å². The third-order valence-electron chi connectivity index (χ3n) is 4.05. The van der Waals surface area contributed by atoms with Crippen LogP contribution in [0.1, 0.15) is 39.5 Å². The molecule has 0 aromatic heterocycles. The van der Waals surface area contributed by atoms with E-state index in [1.807, 2.05) is 39.0 Å². The number of rotatable bonds is 4. The maximum absolute atomic E-state index is 12.7. The van der Waals surface area contributed by atoms with E-state index in [-0.39, 0.29) is 5.91 Å². The summed E-state index contributed by atoms with van der Waals surface area (Å²) in [5.74, 6) is -1.48. The second-order valence-corrected chi connectivity index (χ2v) is 6.02. The van der Waals surface area contributed by atoms with E-state index in [0.717, 1.165) is 16.7 Å². The average Bonchev–Trinajstić information content (AvgIpc) is 2.46. The molecule has 1 unspecified atom stereocenters. The molecule has 0 radical (unpaired) electrons. The van der Waals surface area contributed by atoms with E-state index >= 15 is 0 Å². The van der Waals surface area contributed by atoms with Crippen LogP contribution in [0.15, 0.2) is 42.5 Å². The minimum Gasteiger partial charge on any atom is -0.479 e. The number of hydrogen-bond donors (Lipinski definition) is 2. The molecule has 2 rings (SSSR count). The number of benzene rings is 2. The normalized spacial score (nSPS) is 13.2. The van der Waals surface area contributed by atoms with Gasteiger partial charge in [0.2, 0.25) is 0 Å². The molecule has 1 amide bonds. The molecule has 23 heavy (non-hydrogen) atoms. The lowest BCUT2D eigenvalue weighted by molar-refractivity contribution is -0.144. The third kappa shape index (κ3) is 3.26. The summed E-state index contributed by atoms with van der Waals surface area (Å²) in [5.41, 5.74) is 2.31. The predicted octanol–water partition coefficient (Wildman–Crippen LogP) is 3.34. The lowest BCUT2D eigenvalue weighted by Crippen LogP contribution is -2.49. The first-order valence-corrected chi connectivity index (χ1v) is 7.45. The number of carbonyl (C=O) groups is 2. The first-order valence-electron chi connectivity index (χ1n) is 7.45. The number of aliphatic carboxylic acids is 1. The first kappa shape index (κ1) is 16.7. The van der Waals surface area contributed by atoms with Crippen molar-refractivity contribution in [1.82, 2.24) is 5.32 Å². The van der Waals surface area contributed by atoms with Gasteiger partial charge in [-0.2, -0.15) is 0 Å². The zero-order valence-corrected chi connectivity index (χ0v) is 13.8. The number of aryl methyl sites for hydroxylation is 3. The fourth-order valence-electron chi connectivity index (χ4n) is 2.85. The number of carboxylic acid groups (broad SMARTS) is 1. The van der Waals surface area contributed by atoms with Gasteiger partial charge in [-0.3, -0.25) is 4.79 Å². The molecule has 1 atom stereocenters. The molecule has 0 saturated heterocycles. The highest BCUT2D eigenvalue weighted by Gasteiger charge is 2.37. The molecule has 0 heterocycles. The summed E-state index contributed by atoms with van der Waals surface area (Å²) >= 11 is 0. The van der Waals surface area contributed by atoms with Gasteiger partial charge in [0.1, 0.15) is 0 Å². The Morgan fingerprint density at radius 1 is 1.00 bits per heavy atom. The number of amides is 1. The van der Waals surface area contributed by atoms with E-state index < -0.39 is 11.5 Å². The van der Waals surface area contributed by atoms with Gasteiger partial charge < -0.3 is 10.4 Å². The molecule has 4 nitrogen and oxygen atoms in total. The quantitative estimate of drug-likeness (QED) is 0.910. The molecule has 0 aliphatic heterocycles. The van der Waals surface area contributed by atoms with Gasteiger partial charge in [-0.15, -0.1) is 0 Å². The van der Waals surface area contributed by atoms with Crippen molar-refractivity contribution in [3.05, 3.63) is 70.3 Å².